The molecule has 1 aliphatic carbocycles. The molecule has 0 radical (unpaired) electrons. The minimum absolute atomic E-state index is 0.769. The maximum atomic E-state index is 4.99. The molecule has 4 heterocycles. The van der Waals surface area contributed by atoms with E-state index in [4.69, 9.17) is 4.98 Å². The summed E-state index contributed by atoms with van der Waals surface area (Å²) in [5.41, 5.74) is 6.53. The molecular formula is C25H27N5. The van der Waals surface area contributed by atoms with E-state index in [0.29, 0.717) is 0 Å². The third-order valence-corrected chi connectivity index (χ3v) is 6.59. The lowest BCUT2D eigenvalue weighted by Crippen LogP contribution is -2.27. The summed E-state index contributed by atoms with van der Waals surface area (Å²) in [6, 6.07) is 12.8. The molecular weight excluding hydrogens is 370 g/mol. The Morgan fingerprint density at radius 1 is 1.10 bits per heavy atom. The second kappa shape index (κ2) is 7.01. The smallest absolute Gasteiger partial charge is 0.155 e. The molecule has 0 amide bonds. The van der Waals surface area contributed by atoms with Crippen LogP contribution >= 0.6 is 0 Å². The Bertz CT molecular complexity index is 1240. The highest BCUT2D eigenvalue weighted by atomic mass is 15.1. The van der Waals surface area contributed by atoms with Gasteiger partial charge in [0.05, 0.1) is 16.7 Å². The summed E-state index contributed by atoms with van der Waals surface area (Å²) in [4.78, 5) is 15.6. The Kier molecular flexibility index (Phi) is 4.15. The van der Waals surface area contributed by atoms with Gasteiger partial charge in [-0.25, -0.2) is 9.97 Å². The summed E-state index contributed by atoms with van der Waals surface area (Å²) < 4.78 is 2.35. The number of likely N-dealkylation sites (tertiary alicyclic amines) is 1. The standard InChI is InChI=1S/C25H27N5/c1-17(29-12-3-2-4-13-29)19-9-10-21-22(14-19)28-24(27-21)23-15-20-6-5-11-26-25(20)30(23)16-18-7-8-18/h5-6,9-11,14-15,18H,1-4,7-8,12-13,16H2,(H,27,28). The first-order valence-electron chi connectivity index (χ1n) is 11.1. The summed E-state index contributed by atoms with van der Waals surface area (Å²) in [6.45, 7) is 7.61. The molecule has 2 aliphatic rings. The van der Waals surface area contributed by atoms with E-state index < -0.39 is 0 Å². The quantitative estimate of drug-likeness (QED) is 0.487. The van der Waals surface area contributed by atoms with Gasteiger partial charge in [-0.1, -0.05) is 12.6 Å². The Hall–Kier alpha value is -3.08. The Morgan fingerprint density at radius 2 is 1.97 bits per heavy atom. The van der Waals surface area contributed by atoms with Crippen LogP contribution in [-0.2, 0) is 6.54 Å². The number of rotatable bonds is 5. The summed E-state index contributed by atoms with van der Waals surface area (Å²) in [6.07, 6.45) is 8.35. The van der Waals surface area contributed by atoms with Crippen molar-refractivity contribution in [1.82, 2.24) is 24.4 Å². The molecule has 2 fully saturated rings. The van der Waals surface area contributed by atoms with E-state index in [2.05, 4.69) is 56.3 Å². The van der Waals surface area contributed by atoms with Gasteiger partial charge < -0.3 is 14.5 Å². The lowest BCUT2D eigenvalue weighted by Gasteiger charge is -2.30. The minimum Gasteiger partial charge on any atom is -0.372 e. The molecule has 152 valence electrons. The van der Waals surface area contributed by atoms with Gasteiger partial charge in [0.25, 0.3) is 0 Å². The number of imidazole rings is 1. The van der Waals surface area contributed by atoms with E-state index >= 15 is 0 Å². The van der Waals surface area contributed by atoms with Gasteiger partial charge in [0.15, 0.2) is 5.82 Å². The van der Waals surface area contributed by atoms with Gasteiger partial charge in [0.1, 0.15) is 5.65 Å². The molecule has 1 aromatic carbocycles. The number of fused-ring (bicyclic) bond motifs is 2. The zero-order valence-electron chi connectivity index (χ0n) is 17.3. The van der Waals surface area contributed by atoms with Crippen LogP contribution in [0.4, 0.5) is 0 Å². The van der Waals surface area contributed by atoms with Crippen molar-refractivity contribution in [3.05, 3.63) is 54.7 Å². The number of hydrogen-bond acceptors (Lipinski definition) is 3. The fraction of sp³-hybridized carbons (Fsp3) is 0.360. The van der Waals surface area contributed by atoms with Gasteiger partial charge >= 0.3 is 0 Å². The lowest BCUT2D eigenvalue weighted by molar-refractivity contribution is 0.326. The molecule has 4 aromatic rings. The number of hydrogen-bond donors (Lipinski definition) is 1. The summed E-state index contributed by atoms with van der Waals surface area (Å²) in [5.74, 6) is 1.69. The topological polar surface area (TPSA) is 49.7 Å². The monoisotopic (exact) mass is 397 g/mol. The normalized spacial score (nSPS) is 17.1. The maximum Gasteiger partial charge on any atom is 0.155 e. The number of aromatic amines is 1. The van der Waals surface area contributed by atoms with Gasteiger partial charge in [0, 0.05) is 36.9 Å². The van der Waals surface area contributed by atoms with Crippen molar-refractivity contribution in [2.75, 3.05) is 13.1 Å². The SMILES string of the molecule is C=C(c1ccc2[nH]c(-c3cc4cccnc4n3CC3CC3)nc2c1)N1CCCCC1. The number of nitrogens with zero attached hydrogens (tertiary/aromatic N) is 4. The van der Waals surface area contributed by atoms with E-state index in [-0.39, 0.29) is 0 Å². The van der Waals surface area contributed by atoms with Gasteiger partial charge in [-0.2, -0.15) is 0 Å². The van der Waals surface area contributed by atoms with Crippen molar-refractivity contribution in [1.29, 1.82) is 0 Å². The van der Waals surface area contributed by atoms with Crippen molar-refractivity contribution in [2.45, 2.75) is 38.6 Å². The second-order valence-corrected chi connectivity index (χ2v) is 8.81. The van der Waals surface area contributed by atoms with Crippen LogP contribution in [0.25, 0.3) is 39.3 Å². The Labute approximate surface area is 176 Å². The number of aromatic nitrogens is 4. The van der Waals surface area contributed by atoms with Crippen LogP contribution in [0.15, 0.2) is 49.2 Å². The van der Waals surface area contributed by atoms with E-state index in [1.807, 2.05) is 12.3 Å². The molecule has 5 nitrogen and oxygen atoms in total. The molecule has 3 aromatic heterocycles. The van der Waals surface area contributed by atoms with Gasteiger partial charge in [-0.3, -0.25) is 0 Å². The van der Waals surface area contributed by atoms with Crippen molar-refractivity contribution in [2.24, 2.45) is 5.92 Å². The van der Waals surface area contributed by atoms with E-state index in [1.165, 1.54) is 43.1 Å². The molecule has 0 spiro atoms. The average molecular weight is 398 g/mol. The van der Waals surface area contributed by atoms with Crippen LogP contribution in [0.2, 0.25) is 0 Å². The number of piperidine rings is 1. The number of benzene rings is 1. The minimum atomic E-state index is 0.769. The van der Waals surface area contributed by atoms with Crippen LogP contribution in [0, 0.1) is 5.92 Å². The predicted octanol–water partition coefficient (Wildman–Crippen LogP) is 5.45. The summed E-state index contributed by atoms with van der Waals surface area (Å²) in [5, 5.41) is 1.17. The van der Waals surface area contributed by atoms with Crippen LogP contribution in [0.1, 0.15) is 37.7 Å². The Balaban J connectivity index is 1.39. The molecule has 30 heavy (non-hydrogen) atoms. The third-order valence-electron chi connectivity index (χ3n) is 6.59. The van der Waals surface area contributed by atoms with Crippen LogP contribution in [0.5, 0.6) is 0 Å². The predicted molar refractivity (Wildman–Crippen MR) is 122 cm³/mol. The first kappa shape index (κ1) is 17.8. The second-order valence-electron chi connectivity index (χ2n) is 8.81. The van der Waals surface area contributed by atoms with Crippen LogP contribution in [0.3, 0.4) is 0 Å². The lowest BCUT2D eigenvalue weighted by atomic mass is 10.1. The maximum absolute atomic E-state index is 4.99. The van der Waals surface area contributed by atoms with Crippen molar-refractivity contribution in [3.8, 4) is 11.5 Å². The van der Waals surface area contributed by atoms with Crippen LogP contribution < -0.4 is 0 Å². The highest BCUT2D eigenvalue weighted by Gasteiger charge is 2.25. The molecule has 1 saturated carbocycles. The van der Waals surface area contributed by atoms with E-state index in [0.717, 1.165) is 59.4 Å². The molecule has 1 saturated heterocycles. The zero-order chi connectivity index (χ0) is 20.1. The Morgan fingerprint density at radius 3 is 2.80 bits per heavy atom. The fourth-order valence-electron chi connectivity index (χ4n) is 4.68. The molecule has 1 N–H and O–H groups in total. The van der Waals surface area contributed by atoms with Gasteiger partial charge in [-0.05, 0) is 73.9 Å². The van der Waals surface area contributed by atoms with Crippen molar-refractivity contribution < 1.29 is 0 Å². The number of nitrogens with one attached hydrogen (secondary N) is 1. The molecule has 6 rings (SSSR count). The third kappa shape index (κ3) is 3.09. The highest BCUT2D eigenvalue weighted by Crippen LogP contribution is 2.35. The van der Waals surface area contributed by atoms with Crippen molar-refractivity contribution in [3.63, 3.8) is 0 Å². The van der Waals surface area contributed by atoms with Gasteiger partial charge in [0.2, 0.25) is 0 Å². The van der Waals surface area contributed by atoms with E-state index in [9.17, 15) is 0 Å². The first-order valence-corrected chi connectivity index (χ1v) is 11.1. The summed E-state index contributed by atoms with van der Waals surface area (Å²) in [7, 11) is 0. The fourth-order valence-corrected chi connectivity index (χ4v) is 4.68. The molecule has 0 atom stereocenters. The van der Waals surface area contributed by atoms with Gasteiger partial charge in [-0.15, -0.1) is 0 Å². The summed E-state index contributed by atoms with van der Waals surface area (Å²) >= 11 is 0. The number of H-pyrrole nitrogens is 1. The highest BCUT2D eigenvalue weighted by molar-refractivity contribution is 5.87. The molecule has 5 heteroatoms. The largest absolute Gasteiger partial charge is 0.372 e. The molecule has 0 bridgehead atoms. The number of pyridine rings is 1. The van der Waals surface area contributed by atoms with Crippen LogP contribution in [-0.4, -0.2) is 37.5 Å². The molecule has 0 unspecified atom stereocenters. The van der Waals surface area contributed by atoms with Crippen molar-refractivity contribution >= 4 is 27.8 Å². The van der Waals surface area contributed by atoms with E-state index in [1.54, 1.807) is 0 Å². The molecule has 1 aliphatic heterocycles. The average Bonchev–Trinajstić information content (AvgIpc) is 3.39. The zero-order valence-corrected chi connectivity index (χ0v) is 17.3. The first-order chi connectivity index (χ1) is 14.8.